The molecule has 2 aliphatic rings. The van der Waals surface area contributed by atoms with Crippen molar-refractivity contribution < 1.29 is 22.3 Å². The SMILES string of the molecule is FC(F)(F)c1nnc(CN2CCN(c3cc(C4CCOCC4)ncn3)CC2)o1. The Morgan fingerprint density at radius 2 is 1.79 bits per heavy atom. The van der Waals surface area contributed by atoms with Crippen LogP contribution >= 0.6 is 0 Å². The highest BCUT2D eigenvalue weighted by molar-refractivity contribution is 5.40. The zero-order valence-corrected chi connectivity index (χ0v) is 15.2. The molecule has 0 saturated carbocycles. The van der Waals surface area contributed by atoms with Gasteiger partial charge in [0.1, 0.15) is 12.1 Å². The Kier molecular flexibility index (Phi) is 5.44. The van der Waals surface area contributed by atoms with Gasteiger partial charge >= 0.3 is 12.1 Å². The van der Waals surface area contributed by atoms with Gasteiger partial charge in [0.15, 0.2) is 0 Å². The number of alkyl halides is 3. The molecule has 0 amide bonds. The van der Waals surface area contributed by atoms with Crippen molar-refractivity contribution in [3.8, 4) is 0 Å². The number of rotatable bonds is 4. The number of piperazine rings is 1. The summed E-state index contributed by atoms with van der Waals surface area (Å²) in [5.74, 6) is -0.0437. The van der Waals surface area contributed by atoms with Crippen molar-refractivity contribution in [3.63, 3.8) is 0 Å². The van der Waals surface area contributed by atoms with E-state index in [0.29, 0.717) is 32.1 Å². The van der Waals surface area contributed by atoms with E-state index in [4.69, 9.17) is 9.15 Å². The molecule has 11 heteroatoms. The zero-order valence-electron chi connectivity index (χ0n) is 15.2. The molecule has 2 aromatic heterocycles. The maximum atomic E-state index is 12.6. The normalized spacial score (nSPS) is 19.9. The predicted molar refractivity (Wildman–Crippen MR) is 91.6 cm³/mol. The van der Waals surface area contributed by atoms with E-state index in [9.17, 15) is 13.2 Å². The molecule has 0 radical (unpaired) electrons. The molecular weight excluding hydrogens is 377 g/mol. The predicted octanol–water partition coefficient (Wildman–Crippen LogP) is 2.09. The fourth-order valence-electron chi connectivity index (χ4n) is 3.51. The van der Waals surface area contributed by atoms with Crippen LogP contribution in [-0.2, 0) is 17.5 Å². The number of anilines is 1. The lowest BCUT2D eigenvalue weighted by Crippen LogP contribution is -2.46. The zero-order chi connectivity index (χ0) is 19.6. The van der Waals surface area contributed by atoms with Gasteiger partial charge in [0, 0.05) is 57.1 Å². The molecule has 8 nitrogen and oxygen atoms in total. The van der Waals surface area contributed by atoms with Crippen LogP contribution in [0.1, 0.15) is 36.2 Å². The third-order valence-corrected chi connectivity index (χ3v) is 5.08. The van der Waals surface area contributed by atoms with Crippen LogP contribution in [0.15, 0.2) is 16.8 Å². The van der Waals surface area contributed by atoms with Gasteiger partial charge in [-0.05, 0) is 12.8 Å². The van der Waals surface area contributed by atoms with Gasteiger partial charge in [-0.1, -0.05) is 0 Å². The van der Waals surface area contributed by atoms with Crippen LogP contribution < -0.4 is 4.90 Å². The summed E-state index contributed by atoms with van der Waals surface area (Å²) < 4.78 is 47.8. The minimum absolute atomic E-state index is 0.0235. The smallest absolute Gasteiger partial charge is 0.416 e. The highest BCUT2D eigenvalue weighted by atomic mass is 19.4. The van der Waals surface area contributed by atoms with E-state index < -0.39 is 12.1 Å². The Morgan fingerprint density at radius 1 is 1.04 bits per heavy atom. The van der Waals surface area contributed by atoms with Crippen LogP contribution in [0.4, 0.5) is 19.0 Å². The van der Waals surface area contributed by atoms with E-state index in [0.717, 1.165) is 37.6 Å². The van der Waals surface area contributed by atoms with Crippen LogP contribution in [0, 0.1) is 0 Å². The standard InChI is InChI=1S/C17H21F3N6O2/c18-17(19,20)16-24-23-15(28-16)10-25-3-5-26(6-4-25)14-9-13(21-11-22-14)12-1-7-27-8-2-12/h9,11-12H,1-8,10H2. The van der Waals surface area contributed by atoms with Crippen molar-refractivity contribution in [1.82, 2.24) is 25.1 Å². The second-order valence-corrected chi connectivity index (χ2v) is 6.95. The minimum atomic E-state index is -4.61. The van der Waals surface area contributed by atoms with Gasteiger partial charge in [0.2, 0.25) is 5.89 Å². The molecule has 0 bridgehead atoms. The highest BCUT2D eigenvalue weighted by Crippen LogP contribution is 2.29. The van der Waals surface area contributed by atoms with E-state index in [1.54, 1.807) is 6.33 Å². The van der Waals surface area contributed by atoms with E-state index >= 15 is 0 Å². The molecule has 4 rings (SSSR count). The molecule has 0 N–H and O–H groups in total. The molecule has 2 aliphatic heterocycles. The average molecular weight is 398 g/mol. The van der Waals surface area contributed by atoms with Gasteiger partial charge in [0.05, 0.1) is 6.54 Å². The molecule has 0 atom stereocenters. The molecule has 4 heterocycles. The summed E-state index contributed by atoms with van der Waals surface area (Å²) in [6, 6.07) is 2.04. The maximum absolute atomic E-state index is 12.6. The molecule has 0 aliphatic carbocycles. The number of nitrogens with zero attached hydrogens (tertiary/aromatic N) is 6. The van der Waals surface area contributed by atoms with Crippen molar-refractivity contribution in [2.75, 3.05) is 44.3 Å². The Bertz CT molecular complexity index is 785. The lowest BCUT2D eigenvalue weighted by atomic mass is 9.96. The molecule has 0 spiro atoms. The summed E-state index contributed by atoms with van der Waals surface area (Å²) in [5.41, 5.74) is 1.04. The van der Waals surface area contributed by atoms with Crippen molar-refractivity contribution in [3.05, 3.63) is 29.9 Å². The lowest BCUT2D eigenvalue weighted by Gasteiger charge is -2.35. The molecule has 28 heavy (non-hydrogen) atoms. The van der Waals surface area contributed by atoms with Gasteiger partial charge in [-0.25, -0.2) is 9.97 Å². The largest absolute Gasteiger partial charge is 0.470 e. The number of halogens is 3. The summed E-state index contributed by atoms with van der Waals surface area (Å²) in [6.07, 6.45) is -1.08. The van der Waals surface area contributed by atoms with E-state index in [-0.39, 0.29) is 12.4 Å². The molecule has 2 aromatic rings. The Balaban J connectivity index is 1.33. The van der Waals surface area contributed by atoms with Crippen molar-refractivity contribution in [2.45, 2.75) is 31.5 Å². The van der Waals surface area contributed by atoms with Crippen LogP contribution in [-0.4, -0.2) is 64.5 Å². The monoisotopic (exact) mass is 398 g/mol. The van der Waals surface area contributed by atoms with Crippen molar-refractivity contribution in [2.24, 2.45) is 0 Å². The first-order chi connectivity index (χ1) is 13.5. The summed E-state index contributed by atoms with van der Waals surface area (Å²) in [6.45, 7) is 4.48. The first kappa shape index (κ1) is 19.1. The molecule has 2 fully saturated rings. The van der Waals surface area contributed by atoms with Crippen molar-refractivity contribution >= 4 is 5.82 Å². The summed E-state index contributed by atoms with van der Waals surface area (Å²) in [5, 5.41) is 6.56. The number of aromatic nitrogens is 4. The Morgan fingerprint density at radius 3 is 2.46 bits per heavy atom. The molecule has 152 valence electrons. The maximum Gasteiger partial charge on any atom is 0.470 e. The Hall–Kier alpha value is -2.27. The second kappa shape index (κ2) is 8.00. The average Bonchev–Trinajstić information content (AvgIpc) is 3.18. The van der Waals surface area contributed by atoms with Crippen molar-refractivity contribution in [1.29, 1.82) is 0 Å². The third-order valence-electron chi connectivity index (χ3n) is 5.08. The number of hydrogen-bond acceptors (Lipinski definition) is 8. The lowest BCUT2D eigenvalue weighted by molar-refractivity contribution is -0.157. The van der Waals surface area contributed by atoms with E-state index in [2.05, 4.69) is 25.1 Å². The van der Waals surface area contributed by atoms with Gasteiger partial charge in [-0.15, -0.1) is 10.2 Å². The molecule has 0 unspecified atom stereocenters. The van der Waals surface area contributed by atoms with E-state index in [1.807, 2.05) is 11.0 Å². The fraction of sp³-hybridized carbons (Fsp3) is 0.647. The second-order valence-electron chi connectivity index (χ2n) is 6.95. The topological polar surface area (TPSA) is 80.4 Å². The molecule has 2 saturated heterocycles. The van der Waals surface area contributed by atoms with Crippen LogP contribution in [0.5, 0.6) is 0 Å². The van der Waals surface area contributed by atoms with Gasteiger partial charge < -0.3 is 14.1 Å². The number of hydrogen-bond donors (Lipinski definition) is 0. The first-order valence-corrected chi connectivity index (χ1v) is 9.25. The van der Waals surface area contributed by atoms with E-state index in [1.165, 1.54) is 0 Å². The molecular formula is C17H21F3N6O2. The minimum Gasteiger partial charge on any atom is -0.416 e. The first-order valence-electron chi connectivity index (χ1n) is 9.25. The Labute approximate surface area is 159 Å². The fourth-order valence-corrected chi connectivity index (χ4v) is 3.51. The van der Waals surface area contributed by atoms with Gasteiger partial charge in [0.25, 0.3) is 0 Å². The van der Waals surface area contributed by atoms with Crippen LogP contribution in [0.3, 0.4) is 0 Å². The molecule has 0 aromatic carbocycles. The quantitative estimate of drug-likeness (QED) is 0.775. The van der Waals surface area contributed by atoms with Gasteiger partial charge in [-0.3, -0.25) is 4.90 Å². The number of ether oxygens (including phenoxy) is 1. The third kappa shape index (κ3) is 4.41. The summed E-state index contributed by atoms with van der Waals surface area (Å²) in [4.78, 5) is 13.0. The highest BCUT2D eigenvalue weighted by Gasteiger charge is 2.38. The van der Waals surface area contributed by atoms with Crippen LogP contribution in [0.2, 0.25) is 0 Å². The van der Waals surface area contributed by atoms with Gasteiger partial charge in [-0.2, -0.15) is 13.2 Å². The summed E-state index contributed by atoms with van der Waals surface area (Å²) >= 11 is 0. The summed E-state index contributed by atoms with van der Waals surface area (Å²) in [7, 11) is 0. The van der Waals surface area contributed by atoms with Crippen LogP contribution in [0.25, 0.3) is 0 Å².